The van der Waals surface area contributed by atoms with Gasteiger partial charge in [-0.3, -0.25) is 4.90 Å². The van der Waals surface area contributed by atoms with Crippen LogP contribution in [0.3, 0.4) is 0 Å². The summed E-state index contributed by atoms with van der Waals surface area (Å²) in [6.45, 7) is 9.96. The molecular formula is C21H30N6S+2. The van der Waals surface area contributed by atoms with Crippen molar-refractivity contribution in [1.82, 2.24) is 20.2 Å². The first kappa shape index (κ1) is 19.2. The first-order valence-electron chi connectivity index (χ1n) is 10.2. The van der Waals surface area contributed by atoms with Crippen LogP contribution in [0.4, 0.5) is 5.69 Å². The van der Waals surface area contributed by atoms with Crippen molar-refractivity contribution in [1.29, 1.82) is 0 Å². The molecule has 0 radical (unpaired) electrons. The lowest BCUT2D eigenvalue weighted by atomic mass is 10.0. The fraction of sp³-hybridized carbons (Fsp3) is 0.476. The molecule has 3 heterocycles. The summed E-state index contributed by atoms with van der Waals surface area (Å²) in [6, 6.07) is 15.5. The van der Waals surface area contributed by atoms with Crippen molar-refractivity contribution in [2.75, 3.05) is 26.2 Å². The molecule has 0 saturated carbocycles. The summed E-state index contributed by atoms with van der Waals surface area (Å²) in [5, 5.41) is 15.0. The minimum Gasteiger partial charge on any atom is -0.317 e. The van der Waals surface area contributed by atoms with Gasteiger partial charge in [-0.2, -0.15) is 0 Å². The summed E-state index contributed by atoms with van der Waals surface area (Å²) >= 11 is 1.76. The van der Waals surface area contributed by atoms with E-state index in [9.17, 15) is 0 Å². The van der Waals surface area contributed by atoms with Crippen molar-refractivity contribution in [2.24, 2.45) is 5.92 Å². The molecule has 0 spiro atoms. The molecular weight excluding hydrogens is 368 g/mol. The zero-order valence-electron chi connectivity index (χ0n) is 16.7. The van der Waals surface area contributed by atoms with Crippen LogP contribution in [0.5, 0.6) is 0 Å². The lowest BCUT2D eigenvalue weighted by molar-refractivity contribution is -1.01. The smallest absolute Gasteiger partial charge is 0.209 e. The van der Waals surface area contributed by atoms with Gasteiger partial charge in [-0.15, -0.1) is 16.4 Å². The van der Waals surface area contributed by atoms with Gasteiger partial charge in [0.05, 0.1) is 6.54 Å². The molecule has 1 aromatic carbocycles. The number of benzene rings is 1. The highest BCUT2D eigenvalue weighted by molar-refractivity contribution is 7.09. The van der Waals surface area contributed by atoms with Gasteiger partial charge >= 0.3 is 0 Å². The second-order valence-corrected chi connectivity index (χ2v) is 9.12. The molecule has 4 rings (SSSR count). The van der Waals surface area contributed by atoms with E-state index in [1.807, 2.05) is 4.68 Å². The van der Waals surface area contributed by atoms with Crippen LogP contribution in [0, 0.1) is 5.92 Å². The summed E-state index contributed by atoms with van der Waals surface area (Å²) < 4.78 is 2.02. The van der Waals surface area contributed by atoms with Crippen LogP contribution < -0.4 is 9.80 Å². The molecule has 0 unspecified atom stereocenters. The van der Waals surface area contributed by atoms with Gasteiger partial charge in [0, 0.05) is 11.3 Å². The van der Waals surface area contributed by atoms with E-state index in [4.69, 9.17) is 0 Å². The molecule has 1 aliphatic heterocycles. The van der Waals surface area contributed by atoms with E-state index in [0.29, 0.717) is 12.0 Å². The molecule has 6 nitrogen and oxygen atoms in total. The summed E-state index contributed by atoms with van der Waals surface area (Å²) in [4.78, 5) is 4.51. The van der Waals surface area contributed by atoms with E-state index in [1.165, 1.54) is 10.6 Å². The van der Waals surface area contributed by atoms with Crippen molar-refractivity contribution in [3.8, 4) is 0 Å². The fourth-order valence-electron chi connectivity index (χ4n) is 4.23. The maximum absolute atomic E-state index is 4.48. The highest BCUT2D eigenvalue weighted by Crippen LogP contribution is 2.18. The Labute approximate surface area is 170 Å². The molecule has 1 atom stereocenters. The van der Waals surface area contributed by atoms with Crippen LogP contribution in [-0.4, -0.2) is 46.4 Å². The molecule has 1 fully saturated rings. The van der Waals surface area contributed by atoms with E-state index in [-0.39, 0.29) is 0 Å². The molecule has 2 N–H and O–H groups in total. The van der Waals surface area contributed by atoms with Gasteiger partial charge in [0.1, 0.15) is 31.9 Å². The average Bonchev–Trinajstić information content (AvgIpc) is 3.39. The second kappa shape index (κ2) is 8.94. The van der Waals surface area contributed by atoms with E-state index in [1.54, 1.807) is 21.1 Å². The molecule has 2 aromatic heterocycles. The van der Waals surface area contributed by atoms with Gasteiger partial charge in [-0.05, 0) is 39.9 Å². The number of aromatic nitrogens is 4. The number of thiophene rings is 1. The Hall–Kier alpha value is -2.09. The molecule has 28 heavy (non-hydrogen) atoms. The minimum atomic E-state index is 0.354. The Balaban J connectivity index is 1.49. The molecule has 1 saturated heterocycles. The van der Waals surface area contributed by atoms with Crippen molar-refractivity contribution in [3.05, 3.63) is 58.5 Å². The number of quaternary nitrogens is 2. The zero-order chi connectivity index (χ0) is 19.3. The van der Waals surface area contributed by atoms with Crippen molar-refractivity contribution in [2.45, 2.75) is 32.9 Å². The quantitative estimate of drug-likeness (QED) is 0.624. The largest absolute Gasteiger partial charge is 0.317 e. The number of nitrogens with one attached hydrogen (secondary N) is 2. The maximum Gasteiger partial charge on any atom is 0.209 e. The number of nitrogens with zero attached hydrogens (tertiary/aromatic N) is 4. The lowest BCUT2D eigenvalue weighted by Crippen LogP contribution is -3.26. The SMILES string of the molecule is CC(C)C[C@H](c1nnnn1Cc1cccs1)[NH+]1CC[NH+](c2ccccc2)CC1. The van der Waals surface area contributed by atoms with Crippen LogP contribution >= 0.6 is 11.3 Å². The van der Waals surface area contributed by atoms with E-state index in [0.717, 1.165) is 45.0 Å². The summed E-state index contributed by atoms with van der Waals surface area (Å²) in [6.07, 6.45) is 1.11. The van der Waals surface area contributed by atoms with Crippen LogP contribution in [0.25, 0.3) is 0 Å². The summed E-state index contributed by atoms with van der Waals surface area (Å²) in [5.41, 5.74) is 1.41. The zero-order valence-corrected chi connectivity index (χ0v) is 17.5. The average molecular weight is 399 g/mol. The van der Waals surface area contributed by atoms with Crippen LogP contribution in [-0.2, 0) is 6.54 Å². The Bertz CT molecular complexity index is 837. The van der Waals surface area contributed by atoms with E-state index in [2.05, 4.69) is 77.2 Å². The Morgan fingerprint density at radius 3 is 2.50 bits per heavy atom. The minimum absolute atomic E-state index is 0.354. The number of hydrogen-bond donors (Lipinski definition) is 2. The number of tetrazole rings is 1. The molecule has 148 valence electrons. The third-order valence-electron chi connectivity index (χ3n) is 5.63. The fourth-order valence-corrected chi connectivity index (χ4v) is 4.92. The Morgan fingerprint density at radius 2 is 1.82 bits per heavy atom. The first-order valence-corrected chi connectivity index (χ1v) is 11.1. The van der Waals surface area contributed by atoms with Crippen LogP contribution in [0.1, 0.15) is 37.0 Å². The predicted octanol–water partition coefficient (Wildman–Crippen LogP) is 0.985. The lowest BCUT2D eigenvalue weighted by Gasteiger charge is -2.34. The maximum atomic E-state index is 4.48. The number of hydrogen-bond acceptors (Lipinski definition) is 4. The van der Waals surface area contributed by atoms with Crippen molar-refractivity contribution in [3.63, 3.8) is 0 Å². The molecule has 0 aliphatic carbocycles. The van der Waals surface area contributed by atoms with E-state index >= 15 is 0 Å². The van der Waals surface area contributed by atoms with E-state index < -0.39 is 0 Å². The summed E-state index contributed by atoms with van der Waals surface area (Å²) in [7, 11) is 0. The molecule has 1 aliphatic rings. The van der Waals surface area contributed by atoms with Gasteiger partial charge in [-0.25, -0.2) is 4.68 Å². The van der Waals surface area contributed by atoms with Gasteiger partial charge < -0.3 is 4.90 Å². The molecule has 0 amide bonds. The standard InChI is InChI=1S/C21H28N6S/c1-17(2)15-20(21-22-23-24-27(21)16-19-9-6-14-28-19)26-12-10-25(11-13-26)18-7-4-3-5-8-18/h3-9,14,17,20H,10-13,15-16H2,1-2H3/p+2/t20-/m1/s1. The highest BCUT2D eigenvalue weighted by Gasteiger charge is 2.35. The second-order valence-electron chi connectivity index (χ2n) is 8.08. The summed E-state index contributed by atoms with van der Waals surface area (Å²) in [5.74, 6) is 1.66. The molecule has 7 heteroatoms. The first-order chi connectivity index (χ1) is 13.7. The van der Waals surface area contributed by atoms with Gasteiger partial charge in [-0.1, -0.05) is 38.1 Å². The van der Waals surface area contributed by atoms with Crippen LogP contribution in [0.2, 0.25) is 0 Å². The predicted molar refractivity (Wildman–Crippen MR) is 111 cm³/mol. The monoisotopic (exact) mass is 398 g/mol. The normalized spacial score (nSPS) is 21.1. The molecule has 0 bridgehead atoms. The number of rotatable bonds is 7. The topological polar surface area (TPSA) is 52.5 Å². The number of piperazine rings is 1. The third kappa shape index (κ3) is 4.48. The Kier molecular flexibility index (Phi) is 6.14. The van der Waals surface area contributed by atoms with Crippen LogP contribution in [0.15, 0.2) is 47.8 Å². The number of para-hydroxylation sites is 1. The molecule has 3 aromatic rings. The van der Waals surface area contributed by atoms with Gasteiger partial charge in [0.25, 0.3) is 0 Å². The highest BCUT2D eigenvalue weighted by atomic mass is 32.1. The van der Waals surface area contributed by atoms with Crippen molar-refractivity contribution < 1.29 is 9.80 Å². The van der Waals surface area contributed by atoms with Gasteiger partial charge in [0.15, 0.2) is 6.04 Å². The third-order valence-corrected chi connectivity index (χ3v) is 6.50. The Morgan fingerprint density at radius 1 is 1.04 bits per heavy atom. The van der Waals surface area contributed by atoms with Gasteiger partial charge in [0.2, 0.25) is 5.82 Å². The van der Waals surface area contributed by atoms with Crippen molar-refractivity contribution >= 4 is 17.0 Å².